The summed E-state index contributed by atoms with van der Waals surface area (Å²) >= 11 is 1.12. The molecule has 0 bridgehead atoms. The first-order valence-electron chi connectivity index (χ1n) is 7.53. The number of benzene rings is 1. The van der Waals surface area contributed by atoms with Gasteiger partial charge in [0.15, 0.2) is 5.69 Å². The van der Waals surface area contributed by atoms with E-state index in [9.17, 15) is 22.4 Å². The van der Waals surface area contributed by atoms with Crippen molar-refractivity contribution < 1.29 is 22.4 Å². The van der Waals surface area contributed by atoms with Crippen LogP contribution in [0.25, 0.3) is 5.69 Å². The lowest BCUT2D eigenvalue weighted by Gasteiger charge is -2.09. The molecule has 1 aromatic carbocycles. The fourth-order valence-electron chi connectivity index (χ4n) is 2.27. The summed E-state index contributed by atoms with van der Waals surface area (Å²) < 4.78 is 53.3. The van der Waals surface area contributed by atoms with E-state index < -0.39 is 23.7 Å². The molecule has 0 unspecified atom stereocenters. The van der Waals surface area contributed by atoms with Crippen molar-refractivity contribution in [2.45, 2.75) is 11.2 Å². The van der Waals surface area contributed by atoms with Gasteiger partial charge in [0.1, 0.15) is 5.03 Å². The largest absolute Gasteiger partial charge is 0.435 e. The molecule has 0 spiro atoms. The number of carbonyl (C=O) groups is 1. The quantitative estimate of drug-likeness (QED) is 0.404. The summed E-state index contributed by atoms with van der Waals surface area (Å²) in [4.78, 5) is 15.5. The molecular formula is C17H12F4N4OS. The molecule has 3 rings (SSSR count). The Labute approximate surface area is 155 Å². The molecule has 0 atom stereocenters. The number of carbonyl (C=O) groups excluding carboxylic acids is 1. The van der Waals surface area contributed by atoms with Gasteiger partial charge in [-0.3, -0.25) is 4.79 Å². The normalized spacial score (nSPS) is 11.4. The van der Waals surface area contributed by atoms with Gasteiger partial charge in [0.25, 0.3) is 5.91 Å². The molecule has 0 radical (unpaired) electrons. The second-order valence-corrected chi connectivity index (χ2v) is 6.15. The van der Waals surface area contributed by atoms with Gasteiger partial charge < -0.3 is 5.32 Å². The Morgan fingerprint density at radius 2 is 1.89 bits per heavy atom. The molecule has 2 heterocycles. The lowest BCUT2D eigenvalue weighted by molar-refractivity contribution is -0.141. The molecule has 0 aliphatic rings. The standard InChI is InChI=1S/C17H12F4N4OS/c1-27-14-9-13(17(19,20)21)24-25(14)11-6-4-10(5-7-11)23-16(26)12-3-2-8-22-15(12)18/h2-9H,1H3,(H,23,26). The lowest BCUT2D eigenvalue weighted by Crippen LogP contribution is -2.14. The predicted octanol–water partition coefficient (Wildman–Crippen LogP) is 4.40. The minimum atomic E-state index is -4.54. The van der Waals surface area contributed by atoms with E-state index in [-0.39, 0.29) is 5.56 Å². The van der Waals surface area contributed by atoms with Crippen molar-refractivity contribution in [1.82, 2.24) is 14.8 Å². The number of hydrogen-bond acceptors (Lipinski definition) is 4. The van der Waals surface area contributed by atoms with Crippen molar-refractivity contribution in [3.05, 3.63) is 65.9 Å². The Bertz CT molecular complexity index is 970. The van der Waals surface area contributed by atoms with Crippen LogP contribution in [0.4, 0.5) is 23.2 Å². The zero-order chi connectivity index (χ0) is 19.6. The molecule has 0 saturated carbocycles. The molecule has 1 N–H and O–H groups in total. The van der Waals surface area contributed by atoms with E-state index in [0.717, 1.165) is 17.8 Å². The molecule has 0 saturated heterocycles. The van der Waals surface area contributed by atoms with E-state index in [2.05, 4.69) is 15.4 Å². The Morgan fingerprint density at radius 3 is 2.48 bits per heavy atom. The first-order valence-corrected chi connectivity index (χ1v) is 8.75. The molecule has 3 aromatic rings. The second kappa shape index (κ2) is 7.39. The van der Waals surface area contributed by atoms with Crippen LogP contribution in [-0.4, -0.2) is 26.9 Å². The fraction of sp³-hybridized carbons (Fsp3) is 0.118. The first-order chi connectivity index (χ1) is 12.8. The minimum absolute atomic E-state index is 0.215. The van der Waals surface area contributed by atoms with Crippen LogP contribution in [0.1, 0.15) is 16.1 Å². The molecule has 10 heteroatoms. The van der Waals surface area contributed by atoms with Crippen molar-refractivity contribution in [2.75, 3.05) is 11.6 Å². The summed E-state index contributed by atoms with van der Waals surface area (Å²) in [5.74, 6) is -1.58. The second-order valence-electron chi connectivity index (χ2n) is 5.32. The van der Waals surface area contributed by atoms with Gasteiger partial charge in [0, 0.05) is 18.0 Å². The number of pyridine rings is 1. The number of hydrogen-bond donors (Lipinski definition) is 1. The number of aromatic nitrogens is 3. The number of alkyl halides is 3. The summed E-state index contributed by atoms with van der Waals surface area (Å²) in [5.41, 5.74) is -0.467. The van der Waals surface area contributed by atoms with Crippen LogP contribution in [-0.2, 0) is 6.18 Å². The summed E-state index contributed by atoms with van der Waals surface area (Å²) in [7, 11) is 0. The molecule has 1 amide bonds. The zero-order valence-electron chi connectivity index (χ0n) is 13.8. The summed E-state index contributed by atoms with van der Waals surface area (Å²) in [6.07, 6.45) is -1.67. The van der Waals surface area contributed by atoms with Gasteiger partial charge in [0.2, 0.25) is 5.95 Å². The highest BCUT2D eigenvalue weighted by Crippen LogP contribution is 2.32. The van der Waals surface area contributed by atoms with Gasteiger partial charge in [-0.15, -0.1) is 11.8 Å². The molecule has 0 fully saturated rings. The van der Waals surface area contributed by atoms with E-state index in [0.29, 0.717) is 16.4 Å². The highest BCUT2D eigenvalue weighted by molar-refractivity contribution is 7.98. The Balaban J connectivity index is 1.83. The topological polar surface area (TPSA) is 59.8 Å². The average molecular weight is 396 g/mol. The smallest absolute Gasteiger partial charge is 0.322 e. The highest BCUT2D eigenvalue weighted by Gasteiger charge is 2.35. The predicted molar refractivity (Wildman–Crippen MR) is 92.5 cm³/mol. The summed E-state index contributed by atoms with van der Waals surface area (Å²) in [6, 6.07) is 9.66. The Hall–Kier alpha value is -2.88. The van der Waals surface area contributed by atoms with Crippen LogP contribution in [0.3, 0.4) is 0 Å². The Morgan fingerprint density at radius 1 is 1.19 bits per heavy atom. The number of anilines is 1. The fourth-order valence-corrected chi connectivity index (χ4v) is 2.82. The van der Waals surface area contributed by atoms with Gasteiger partial charge >= 0.3 is 6.18 Å². The van der Waals surface area contributed by atoms with Crippen molar-refractivity contribution in [2.24, 2.45) is 0 Å². The van der Waals surface area contributed by atoms with E-state index in [1.54, 1.807) is 6.26 Å². The van der Waals surface area contributed by atoms with Crippen molar-refractivity contribution in [1.29, 1.82) is 0 Å². The van der Waals surface area contributed by atoms with Crippen molar-refractivity contribution >= 4 is 23.4 Å². The molecule has 27 heavy (non-hydrogen) atoms. The van der Waals surface area contributed by atoms with Crippen molar-refractivity contribution in [3.8, 4) is 5.69 Å². The van der Waals surface area contributed by atoms with E-state index >= 15 is 0 Å². The number of rotatable bonds is 4. The molecule has 140 valence electrons. The van der Waals surface area contributed by atoms with E-state index in [1.807, 2.05) is 0 Å². The number of thioether (sulfide) groups is 1. The molecule has 0 aliphatic heterocycles. The average Bonchev–Trinajstić information content (AvgIpc) is 3.07. The maximum Gasteiger partial charge on any atom is 0.435 e. The van der Waals surface area contributed by atoms with Gasteiger partial charge in [0.05, 0.1) is 11.3 Å². The van der Waals surface area contributed by atoms with Gasteiger partial charge in [-0.1, -0.05) is 0 Å². The maximum atomic E-state index is 13.5. The SMILES string of the molecule is CSc1cc(C(F)(F)F)nn1-c1ccc(NC(=O)c2cccnc2F)cc1. The monoisotopic (exact) mass is 396 g/mol. The maximum absolute atomic E-state index is 13.5. The van der Waals surface area contributed by atoms with Gasteiger partial charge in [-0.05, 0) is 42.7 Å². The zero-order valence-corrected chi connectivity index (χ0v) is 14.6. The number of halogens is 4. The summed E-state index contributed by atoms with van der Waals surface area (Å²) in [6.45, 7) is 0. The first kappa shape index (κ1) is 18.9. The number of nitrogens with zero attached hydrogens (tertiary/aromatic N) is 3. The van der Waals surface area contributed by atoms with Crippen LogP contribution >= 0.6 is 11.8 Å². The molecule has 5 nitrogen and oxygen atoms in total. The number of amides is 1. The minimum Gasteiger partial charge on any atom is -0.322 e. The van der Waals surface area contributed by atoms with Crippen LogP contribution in [0.5, 0.6) is 0 Å². The third-order valence-electron chi connectivity index (χ3n) is 3.55. The summed E-state index contributed by atoms with van der Waals surface area (Å²) in [5, 5.41) is 6.42. The van der Waals surface area contributed by atoms with Gasteiger partial charge in [-0.2, -0.15) is 22.7 Å². The van der Waals surface area contributed by atoms with Crippen LogP contribution < -0.4 is 5.32 Å². The third-order valence-corrected chi connectivity index (χ3v) is 4.26. The molecule has 0 aliphatic carbocycles. The number of nitrogens with one attached hydrogen (secondary N) is 1. The Kier molecular flexibility index (Phi) is 5.17. The van der Waals surface area contributed by atoms with Crippen LogP contribution in [0, 0.1) is 5.95 Å². The third kappa shape index (κ3) is 4.11. The molecular weight excluding hydrogens is 384 g/mol. The van der Waals surface area contributed by atoms with Crippen LogP contribution in [0.15, 0.2) is 53.7 Å². The van der Waals surface area contributed by atoms with Gasteiger partial charge in [-0.25, -0.2) is 9.67 Å². The highest BCUT2D eigenvalue weighted by atomic mass is 32.2. The van der Waals surface area contributed by atoms with Crippen molar-refractivity contribution in [3.63, 3.8) is 0 Å². The molecule has 2 aromatic heterocycles. The lowest BCUT2D eigenvalue weighted by atomic mass is 10.2. The van der Waals surface area contributed by atoms with E-state index in [4.69, 9.17) is 0 Å². The van der Waals surface area contributed by atoms with Crippen LogP contribution in [0.2, 0.25) is 0 Å². The van der Waals surface area contributed by atoms with E-state index in [1.165, 1.54) is 47.3 Å².